The molecule has 1 aromatic heterocycles. The Morgan fingerprint density at radius 1 is 1.11 bits per heavy atom. The molecule has 1 heterocycles. The van der Waals surface area contributed by atoms with E-state index in [0.29, 0.717) is 0 Å². The van der Waals surface area contributed by atoms with Crippen LogP contribution in [0, 0.1) is 12.7 Å². The van der Waals surface area contributed by atoms with Crippen LogP contribution in [0.4, 0.5) is 10.1 Å². The highest BCUT2D eigenvalue weighted by atomic mass is 19.1. The second-order valence-electron chi connectivity index (χ2n) is 4.83. The first-order valence-electron chi connectivity index (χ1n) is 6.23. The van der Waals surface area contributed by atoms with Crippen LogP contribution in [-0.2, 0) is 6.54 Å². The molecule has 2 N–H and O–H groups in total. The molecule has 0 amide bonds. The first kappa shape index (κ1) is 11.8. The number of aryl methyl sites for hydroxylation is 1. The largest absolute Gasteiger partial charge is 0.399 e. The maximum atomic E-state index is 13.1. The number of benzene rings is 2. The van der Waals surface area contributed by atoms with Crippen molar-refractivity contribution in [3.05, 3.63) is 65.6 Å². The Balaban J connectivity index is 2.01. The van der Waals surface area contributed by atoms with Gasteiger partial charge in [0, 0.05) is 29.3 Å². The monoisotopic (exact) mass is 254 g/mol. The van der Waals surface area contributed by atoms with Crippen molar-refractivity contribution < 1.29 is 4.39 Å². The number of nitrogens with zero attached hydrogens (tertiary/aromatic N) is 1. The van der Waals surface area contributed by atoms with Gasteiger partial charge in [-0.15, -0.1) is 0 Å². The molecular weight excluding hydrogens is 239 g/mol. The average Bonchev–Trinajstić information content (AvgIpc) is 2.75. The topological polar surface area (TPSA) is 30.9 Å². The van der Waals surface area contributed by atoms with E-state index in [1.165, 1.54) is 6.07 Å². The molecule has 0 aliphatic heterocycles. The van der Waals surface area contributed by atoms with E-state index in [0.717, 1.165) is 34.3 Å². The van der Waals surface area contributed by atoms with Crippen LogP contribution in [0.1, 0.15) is 11.1 Å². The third-order valence-corrected chi connectivity index (χ3v) is 3.44. The van der Waals surface area contributed by atoms with Gasteiger partial charge in [-0.05, 0) is 54.4 Å². The summed E-state index contributed by atoms with van der Waals surface area (Å²) in [5.41, 5.74) is 9.77. The zero-order valence-electron chi connectivity index (χ0n) is 10.7. The molecule has 3 heteroatoms. The van der Waals surface area contributed by atoms with Crippen LogP contribution >= 0.6 is 0 Å². The first-order chi connectivity index (χ1) is 9.13. The van der Waals surface area contributed by atoms with E-state index >= 15 is 0 Å². The number of rotatable bonds is 2. The molecule has 0 unspecified atom stereocenters. The van der Waals surface area contributed by atoms with Gasteiger partial charge in [0.05, 0.1) is 0 Å². The van der Waals surface area contributed by atoms with Crippen molar-refractivity contribution in [2.24, 2.45) is 0 Å². The third kappa shape index (κ3) is 2.19. The maximum absolute atomic E-state index is 13.1. The van der Waals surface area contributed by atoms with Crippen LogP contribution in [-0.4, -0.2) is 4.57 Å². The van der Waals surface area contributed by atoms with E-state index in [9.17, 15) is 4.39 Å². The zero-order chi connectivity index (χ0) is 13.4. The average molecular weight is 254 g/mol. The Morgan fingerprint density at radius 2 is 1.95 bits per heavy atom. The van der Waals surface area contributed by atoms with Crippen molar-refractivity contribution in [3.8, 4) is 0 Å². The Labute approximate surface area is 111 Å². The van der Waals surface area contributed by atoms with Crippen molar-refractivity contribution in [1.82, 2.24) is 4.57 Å². The molecule has 2 aromatic carbocycles. The molecule has 0 saturated heterocycles. The Bertz CT molecular complexity index is 744. The van der Waals surface area contributed by atoms with Gasteiger partial charge in [0.2, 0.25) is 0 Å². The highest BCUT2D eigenvalue weighted by Crippen LogP contribution is 2.21. The SMILES string of the molecule is Cc1cc(F)ccc1Cn1ccc2cc(N)ccc21. The number of halogens is 1. The Morgan fingerprint density at radius 3 is 2.74 bits per heavy atom. The fourth-order valence-corrected chi connectivity index (χ4v) is 2.38. The number of hydrogen-bond acceptors (Lipinski definition) is 1. The van der Waals surface area contributed by atoms with Crippen molar-refractivity contribution >= 4 is 16.6 Å². The Hall–Kier alpha value is -2.29. The van der Waals surface area contributed by atoms with Gasteiger partial charge in [-0.1, -0.05) is 6.07 Å². The minimum atomic E-state index is -0.189. The van der Waals surface area contributed by atoms with E-state index in [-0.39, 0.29) is 5.82 Å². The summed E-state index contributed by atoms with van der Waals surface area (Å²) >= 11 is 0. The summed E-state index contributed by atoms with van der Waals surface area (Å²) in [7, 11) is 0. The van der Waals surface area contributed by atoms with E-state index in [1.54, 1.807) is 6.07 Å². The summed E-state index contributed by atoms with van der Waals surface area (Å²) < 4.78 is 15.3. The van der Waals surface area contributed by atoms with Gasteiger partial charge in [-0.3, -0.25) is 0 Å². The van der Waals surface area contributed by atoms with E-state index < -0.39 is 0 Å². The fraction of sp³-hybridized carbons (Fsp3) is 0.125. The molecule has 96 valence electrons. The summed E-state index contributed by atoms with van der Waals surface area (Å²) in [6.07, 6.45) is 2.03. The molecule has 0 atom stereocenters. The molecule has 3 aromatic rings. The van der Waals surface area contributed by atoms with Gasteiger partial charge in [0.25, 0.3) is 0 Å². The highest BCUT2D eigenvalue weighted by molar-refractivity contribution is 5.83. The van der Waals surface area contributed by atoms with Crippen molar-refractivity contribution in [1.29, 1.82) is 0 Å². The molecule has 19 heavy (non-hydrogen) atoms. The molecule has 2 nitrogen and oxygen atoms in total. The van der Waals surface area contributed by atoms with Crippen molar-refractivity contribution in [2.45, 2.75) is 13.5 Å². The molecule has 0 fully saturated rings. The first-order valence-corrected chi connectivity index (χ1v) is 6.23. The van der Waals surface area contributed by atoms with Gasteiger partial charge in [0.1, 0.15) is 5.82 Å². The molecule has 0 aliphatic carbocycles. The van der Waals surface area contributed by atoms with Crippen LogP contribution < -0.4 is 5.73 Å². The molecular formula is C16H15FN2. The molecule has 0 bridgehead atoms. The van der Waals surface area contributed by atoms with Crippen LogP contribution in [0.3, 0.4) is 0 Å². The summed E-state index contributed by atoms with van der Waals surface area (Å²) in [5, 5.41) is 1.12. The van der Waals surface area contributed by atoms with E-state index in [2.05, 4.69) is 4.57 Å². The maximum Gasteiger partial charge on any atom is 0.123 e. The number of aromatic nitrogens is 1. The number of nitrogen functional groups attached to an aromatic ring is 1. The van der Waals surface area contributed by atoms with Crippen LogP contribution in [0.5, 0.6) is 0 Å². The molecule has 0 saturated carbocycles. The lowest BCUT2D eigenvalue weighted by Gasteiger charge is -2.09. The number of hydrogen-bond donors (Lipinski definition) is 1. The van der Waals surface area contributed by atoms with Crippen molar-refractivity contribution in [3.63, 3.8) is 0 Å². The smallest absolute Gasteiger partial charge is 0.123 e. The minimum Gasteiger partial charge on any atom is -0.399 e. The fourth-order valence-electron chi connectivity index (χ4n) is 2.38. The van der Waals surface area contributed by atoms with Crippen molar-refractivity contribution in [2.75, 3.05) is 5.73 Å². The number of nitrogens with two attached hydrogens (primary N) is 1. The van der Waals surface area contributed by atoms with Gasteiger partial charge in [0.15, 0.2) is 0 Å². The molecule has 0 aliphatic rings. The predicted octanol–water partition coefficient (Wildman–Crippen LogP) is 3.72. The second-order valence-corrected chi connectivity index (χ2v) is 4.83. The Kier molecular flexibility index (Phi) is 2.75. The lowest BCUT2D eigenvalue weighted by Crippen LogP contribution is -2.00. The number of fused-ring (bicyclic) bond motifs is 1. The van der Waals surface area contributed by atoms with E-state index in [1.807, 2.05) is 43.5 Å². The van der Waals surface area contributed by atoms with Crippen LogP contribution in [0.25, 0.3) is 10.9 Å². The molecule has 0 radical (unpaired) electrons. The van der Waals surface area contributed by atoms with Gasteiger partial charge < -0.3 is 10.3 Å². The highest BCUT2D eigenvalue weighted by Gasteiger charge is 2.05. The van der Waals surface area contributed by atoms with Crippen LogP contribution in [0.15, 0.2) is 48.7 Å². The lowest BCUT2D eigenvalue weighted by molar-refractivity contribution is 0.625. The predicted molar refractivity (Wildman–Crippen MR) is 76.6 cm³/mol. The molecule has 0 spiro atoms. The number of anilines is 1. The van der Waals surface area contributed by atoms with Gasteiger partial charge >= 0.3 is 0 Å². The summed E-state index contributed by atoms with van der Waals surface area (Å²) in [4.78, 5) is 0. The zero-order valence-corrected chi connectivity index (χ0v) is 10.7. The minimum absolute atomic E-state index is 0.189. The van der Waals surface area contributed by atoms with Crippen LogP contribution in [0.2, 0.25) is 0 Å². The summed E-state index contributed by atoms with van der Waals surface area (Å²) in [5.74, 6) is -0.189. The standard InChI is InChI=1S/C16H15FN2/c1-11-8-14(17)3-2-13(11)10-19-7-6-12-9-15(18)4-5-16(12)19/h2-9H,10,18H2,1H3. The second kappa shape index (κ2) is 4.43. The van der Waals surface area contributed by atoms with Gasteiger partial charge in [-0.25, -0.2) is 4.39 Å². The van der Waals surface area contributed by atoms with E-state index in [4.69, 9.17) is 5.73 Å². The third-order valence-electron chi connectivity index (χ3n) is 3.44. The quantitative estimate of drug-likeness (QED) is 0.694. The van der Waals surface area contributed by atoms with Gasteiger partial charge in [-0.2, -0.15) is 0 Å². The summed E-state index contributed by atoms with van der Waals surface area (Å²) in [6.45, 7) is 2.67. The molecule has 3 rings (SSSR count). The normalized spacial score (nSPS) is 11.1. The summed E-state index contributed by atoms with van der Waals surface area (Å²) in [6, 6.07) is 12.8. The lowest BCUT2D eigenvalue weighted by atomic mass is 10.1.